The van der Waals surface area contributed by atoms with Crippen LogP contribution in [0.3, 0.4) is 0 Å². The summed E-state index contributed by atoms with van der Waals surface area (Å²) in [5.74, 6) is 0.547. The molecule has 1 aliphatic rings. The van der Waals surface area contributed by atoms with E-state index >= 15 is 0 Å². The molecule has 2 heterocycles. The van der Waals surface area contributed by atoms with Gasteiger partial charge in [-0.15, -0.1) is 17.7 Å². The first-order valence-corrected chi connectivity index (χ1v) is 16.2. The summed E-state index contributed by atoms with van der Waals surface area (Å²) in [6, 6.07) is 16.7. The van der Waals surface area contributed by atoms with Gasteiger partial charge in [0.2, 0.25) is 0 Å². The van der Waals surface area contributed by atoms with E-state index in [9.17, 15) is 9.90 Å². The molecule has 2 aromatic heterocycles. The Morgan fingerprint density at radius 1 is 0.933 bits per heavy atom. The Morgan fingerprint density at radius 3 is 2.22 bits per heavy atom. The van der Waals surface area contributed by atoms with E-state index in [4.69, 9.17) is 9.40 Å². The van der Waals surface area contributed by atoms with Crippen molar-refractivity contribution in [2.24, 2.45) is 11.8 Å². The molecule has 4 nitrogen and oxygen atoms in total. The van der Waals surface area contributed by atoms with Gasteiger partial charge in [-0.1, -0.05) is 95.3 Å². The monoisotopic (exact) mass is 781 g/mol. The van der Waals surface area contributed by atoms with Crippen LogP contribution in [0.4, 0.5) is 0 Å². The van der Waals surface area contributed by atoms with Gasteiger partial charge in [-0.2, -0.15) is 0 Å². The number of carbonyl (C=O) groups excluding carboxylic acids is 1. The first-order chi connectivity index (χ1) is 21.0. The van der Waals surface area contributed by atoms with Crippen LogP contribution in [0.1, 0.15) is 95.0 Å². The van der Waals surface area contributed by atoms with Crippen LogP contribution < -0.4 is 0 Å². The Bertz CT molecular complexity index is 1900. The fourth-order valence-corrected chi connectivity index (χ4v) is 6.94. The number of carbonyl (C=O) groups is 1. The van der Waals surface area contributed by atoms with Crippen molar-refractivity contribution in [3.05, 3.63) is 88.3 Å². The van der Waals surface area contributed by atoms with Crippen LogP contribution in [-0.4, -0.2) is 15.9 Å². The quantitative estimate of drug-likeness (QED) is 0.101. The maximum absolute atomic E-state index is 11.7. The Balaban J connectivity index is 0.000000249. The van der Waals surface area contributed by atoms with Gasteiger partial charge in [-0.05, 0) is 78.1 Å². The third kappa shape index (κ3) is 6.02. The molecular weight excluding hydrogens is 735 g/mol. The van der Waals surface area contributed by atoms with E-state index in [1.807, 2.05) is 40.0 Å². The number of rotatable bonds is 7. The minimum absolute atomic E-state index is 0. The van der Waals surface area contributed by atoms with E-state index in [1.165, 1.54) is 44.5 Å². The number of aromatic nitrogens is 1. The Morgan fingerprint density at radius 2 is 1.58 bits per heavy atom. The van der Waals surface area contributed by atoms with E-state index in [-0.39, 0.29) is 48.9 Å². The van der Waals surface area contributed by atoms with Crippen LogP contribution in [0.15, 0.2) is 58.8 Å². The number of hydrogen-bond donors (Lipinski definition) is 1. The summed E-state index contributed by atoms with van der Waals surface area (Å²) in [5, 5.41) is 14.6. The van der Waals surface area contributed by atoms with Gasteiger partial charge >= 0.3 is 0 Å². The standard InChI is InChI=1S/C27H22NO.C13H24O2.Ir/c1-14-6-9-17-13-28-24-18-10-7-15(2)25-21(18)22-20(11-8-16(3)26(22)29-25)27(4,5)23(24)19(17)12-14;1-5-10(6-2)12(14)9-13(15)11(7-3)8-4;/h6-9,11-13H,1-5H3;9-11,14H,5-8H2,1-4H3;/q-1;;/b;12-9-;. The number of pyridine rings is 1. The fraction of sp³-hybridized carbons (Fsp3) is 0.400. The summed E-state index contributed by atoms with van der Waals surface area (Å²) in [6.07, 6.45) is 6.91. The van der Waals surface area contributed by atoms with Crippen molar-refractivity contribution in [1.29, 1.82) is 0 Å². The number of benzene rings is 3. The summed E-state index contributed by atoms with van der Waals surface area (Å²) >= 11 is 0. The molecular formula is C40H46IrNO3-. The molecule has 0 saturated heterocycles. The van der Waals surface area contributed by atoms with Gasteiger partial charge in [0.15, 0.2) is 5.78 Å². The van der Waals surface area contributed by atoms with Gasteiger partial charge in [0, 0.05) is 49.6 Å². The van der Waals surface area contributed by atoms with Crippen LogP contribution in [0.2, 0.25) is 0 Å². The second kappa shape index (κ2) is 13.6. The molecule has 5 heteroatoms. The summed E-state index contributed by atoms with van der Waals surface area (Å²) in [6.45, 7) is 19.1. The molecule has 1 radical (unpaired) electrons. The van der Waals surface area contributed by atoms with Gasteiger partial charge in [-0.25, -0.2) is 0 Å². The predicted molar refractivity (Wildman–Crippen MR) is 183 cm³/mol. The van der Waals surface area contributed by atoms with Gasteiger partial charge in [0.25, 0.3) is 0 Å². The molecule has 6 rings (SSSR count). The van der Waals surface area contributed by atoms with E-state index in [2.05, 4.69) is 71.0 Å². The minimum Gasteiger partial charge on any atom is -0.512 e. The van der Waals surface area contributed by atoms with Crippen molar-refractivity contribution in [3.8, 4) is 11.3 Å². The molecule has 45 heavy (non-hydrogen) atoms. The van der Waals surface area contributed by atoms with E-state index < -0.39 is 0 Å². The number of hydrogen-bond acceptors (Lipinski definition) is 4. The zero-order valence-electron chi connectivity index (χ0n) is 28.1. The minimum atomic E-state index is -0.223. The average molecular weight is 781 g/mol. The molecule has 1 aliphatic carbocycles. The number of nitrogens with zero attached hydrogens (tertiary/aromatic N) is 1. The number of furan rings is 1. The third-order valence-electron chi connectivity index (χ3n) is 9.74. The molecule has 1 N–H and O–H groups in total. The van der Waals surface area contributed by atoms with Crippen LogP contribution in [0.25, 0.3) is 44.0 Å². The SMILES string of the molecule is CCC(CC)C(=O)/C=C(\O)C(CC)CC.Cc1ccc2cnc3c(c2c1)C(C)(C)c1ccc(C)c2oc4c(C)c[c-]c-3c4c12.[Ir]. The predicted octanol–water partition coefficient (Wildman–Crippen LogP) is 11.0. The Kier molecular flexibility index (Phi) is 10.5. The third-order valence-corrected chi connectivity index (χ3v) is 9.74. The van der Waals surface area contributed by atoms with E-state index in [0.717, 1.165) is 59.1 Å². The topological polar surface area (TPSA) is 63.3 Å². The summed E-state index contributed by atoms with van der Waals surface area (Å²) in [7, 11) is 0. The van der Waals surface area contributed by atoms with E-state index in [1.54, 1.807) is 0 Å². The molecule has 0 fully saturated rings. The zero-order valence-corrected chi connectivity index (χ0v) is 30.5. The van der Waals surface area contributed by atoms with Gasteiger partial charge in [0.05, 0.1) is 11.3 Å². The van der Waals surface area contributed by atoms with E-state index in [0.29, 0.717) is 0 Å². The fourth-order valence-electron chi connectivity index (χ4n) is 6.94. The van der Waals surface area contributed by atoms with Crippen molar-refractivity contribution in [2.75, 3.05) is 0 Å². The molecule has 0 atom stereocenters. The van der Waals surface area contributed by atoms with Crippen LogP contribution in [-0.2, 0) is 30.3 Å². The molecule has 3 aromatic carbocycles. The number of aliphatic hydroxyl groups is 1. The molecule has 0 aliphatic heterocycles. The number of aryl methyl sites for hydroxylation is 3. The molecule has 0 amide bonds. The molecule has 0 bridgehead atoms. The van der Waals surface area contributed by atoms with Gasteiger partial charge < -0.3 is 14.5 Å². The van der Waals surface area contributed by atoms with Crippen LogP contribution in [0.5, 0.6) is 0 Å². The first kappa shape index (κ1) is 34.6. The van der Waals surface area contributed by atoms with Crippen molar-refractivity contribution in [2.45, 2.75) is 93.4 Å². The Hall–Kier alpha value is -3.27. The normalized spacial score (nSPS) is 13.6. The van der Waals surface area contributed by atoms with Gasteiger partial charge in [-0.3, -0.25) is 4.79 Å². The van der Waals surface area contributed by atoms with Crippen molar-refractivity contribution >= 4 is 38.5 Å². The van der Waals surface area contributed by atoms with Crippen molar-refractivity contribution in [3.63, 3.8) is 0 Å². The molecule has 0 spiro atoms. The molecule has 5 aromatic rings. The summed E-state index contributed by atoms with van der Waals surface area (Å²) < 4.78 is 6.44. The largest absolute Gasteiger partial charge is 0.512 e. The average Bonchev–Trinajstić information content (AvgIpc) is 3.37. The molecule has 239 valence electrons. The zero-order chi connectivity index (χ0) is 31.9. The van der Waals surface area contributed by atoms with Gasteiger partial charge in [0.1, 0.15) is 5.58 Å². The van der Waals surface area contributed by atoms with Crippen molar-refractivity contribution in [1.82, 2.24) is 4.98 Å². The first-order valence-electron chi connectivity index (χ1n) is 16.2. The smallest absolute Gasteiger partial charge is 0.162 e. The maximum atomic E-state index is 11.7. The number of aliphatic hydroxyl groups excluding tert-OH is 1. The second-order valence-corrected chi connectivity index (χ2v) is 13.0. The van der Waals surface area contributed by atoms with Crippen LogP contribution in [0, 0.1) is 38.7 Å². The summed E-state index contributed by atoms with van der Waals surface area (Å²) in [4.78, 5) is 16.7. The number of ketones is 1. The number of fused-ring (bicyclic) bond motifs is 4. The second-order valence-electron chi connectivity index (χ2n) is 13.0. The maximum Gasteiger partial charge on any atom is 0.162 e. The summed E-state index contributed by atoms with van der Waals surface area (Å²) in [5.41, 5.74) is 9.92. The van der Waals surface area contributed by atoms with Crippen LogP contribution >= 0.6 is 0 Å². The molecule has 0 unspecified atom stereocenters. The Labute approximate surface area is 281 Å². The molecule has 0 saturated carbocycles. The number of allylic oxidation sites excluding steroid dienone is 2. The van der Waals surface area contributed by atoms with Crippen molar-refractivity contribution < 1.29 is 34.4 Å².